The SMILES string of the molecule is C/C=C(/C(=C/C)c1ccc(OCC[N+]2(CC)CCOCC2)cc1)c1ccc(OCC[N+]2(CC)CCOCC2)cc1. The second-order valence-corrected chi connectivity index (χ2v) is 11.0. The van der Waals surface area contributed by atoms with E-state index in [9.17, 15) is 0 Å². The highest BCUT2D eigenvalue weighted by molar-refractivity contribution is 6.04. The zero-order chi connectivity index (χ0) is 28.3. The summed E-state index contributed by atoms with van der Waals surface area (Å²) in [5.41, 5.74) is 4.81. The van der Waals surface area contributed by atoms with Crippen LogP contribution >= 0.6 is 0 Å². The molecule has 0 aliphatic carbocycles. The normalized spacial score (nSPS) is 19.3. The minimum Gasteiger partial charge on any atom is -0.488 e. The number of rotatable bonds is 13. The van der Waals surface area contributed by atoms with Gasteiger partial charge in [-0.2, -0.15) is 0 Å². The third-order valence-corrected chi connectivity index (χ3v) is 9.05. The van der Waals surface area contributed by atoms with Crippen molar-refractivity contribution < 1.29 is 27.9 Å². The maximum atomic E-state index is 6.16. The molecule has 0 aromatic heterocycles. The van der Waals surface area contributed by atoms with Crippen LogP contribution in [-0.2, 0) is 9.47 Å². The summed E-state index contributed by atoms with van der Waals surface area (Å²) in [7, 11) is 0. The molecule has 0 atom stereocenters. The molecule has 0 unspecified atom stereocenters. The van der Waals surface area contributed by atoms with E-state index in [2.05, 4.69) is 88.4 Å². The molecule has 0 bridgehead atoms. The van der Waals surface area contributed by atoms with Crippen molar-refractivity contribution in [3.05, 3.63) is 71.8 Å². The van der Waals surface area contributed by atoms with Crippen LogP contribution in [0.15, 0.2) is 60.7 Å². The summed E-state index contributed by atoms with van der Waals surface area (Å²) in [5.74, 6) is 1.85. The molecule has 2 saturated heterocycles. The van der Waals surface area contributed by atoms with Crippen molar-refractivity contribution in [3.63, 3.8) is 0 Å². The van der Waals surface area contributed by atoms with Gasteiger partial charge in [-0.15, -0.1) is 0 Å². The average Bonchev–Trinajstić information content (AvgIpc) is 3.02. The van der Waals surface area contributed by atoms with E-state index in [1.165, 1.54) is 22.3 Å². The fraction of sp³-hybridized carbons (Fsp3) is 0.529. The number of allylic oxidation sites excluding steroid dienone is 4. The first kappa shape index (κ1) is 30.3. The van der Waals surface area contributed by atoms with E-state index in [0.29, 0.717) is 0 Å². The van der Waals surface area contributed by atoms with Gasteiger partial charge in [-0.3, -0.25) is 0 Å². The van der Waals surface area contributed by atoms with E-state index in [0.717, 1.165) is 112 Å². The quantitative estimate of drug-likeness (QED) is 0.237. The van der Waals surface area contributed by atoms with Crippen LogP contribution in [0.4, 0.5) is 0 Å². The Morgan fingerprint density at radius 2 is 0.975 bits per heavy atom. The smallest absolute Gasteiger partial charge is 0.137 e. The zero-order valence-electron chi connectivity index (χ0n) is 25.2. The van der Waals surface area contributed by atoms with Gasteiger partial charge in [-0.1, -0.05) is 36.4 Å². The van der Waals surface area contributed by atoms with Gasteiger partial charge < -0.3 is 27.9 Å². The van der Waals surface area contributed by atoms with Crippen molar-refractivity contribution in [2.45, 2.75) is 27.7 Å². The summed E-state index contributed by atoms with van der Waals surface area (Å²) in [5, 5.41) is 0. The lowest BCUT2D eigenvalue weighted by Crippen LogP contribution is -2.56. The van der Waals surface area contributed by atoms with Crippen molar-refractivity contribution >= 4 is 11.1 Å². The van der Waals surface area contributed by atoms with Crippen LogP contribution in [0.3, 0.4) is 0 Å². The molecule has 0 radical (unpaired) electrons. The molecule has 6 nitrogen and oxygen atoms in total. The number of likely N-dealkylation sites (N-methyl/N-ethyl adjacent to an activating group) is 2. The summed E-state index contributed by atoms with van der Waals surface area (Å²) in [6, 6.07) is 17.1. The Kier molecular flexibility index (Phi) is 11.2. The maximum Gasteiger partial charge on any atom is 0.137 e. The zero-order valence-corrected chi connectivity index (χ0v) is 25.2. The second kappa shape index (κ2) is 14.8. The van der Waals surface area contributed by atoms with Crippen LogP contribution in [0.5, 0.6) is 11.5 Å². The average molecular weight is 551 g/mol. The highest BCUT2D eigenvalue weighted by Gasteiger charge is 2.29. The number of hydrogen-bond donors (Lipinski definition) is 0. The van der Waals surface area contributed by atoms with E-state index in [4.69, 9.17) is 18.9 Å². The molecule has 2 aliphatic rings. The van der Waals surface area contributed by atoms with Crippen LogP contribution in [0, 0.1) is 0 Å². The molecule has 40 heavy (non-hydrogen) atoms. The molecule has 218 valence electrons. The summed E-state index contributed by atoms with van der Waals surface area (Å²) in [6.07, 6.45) is 4.39. The molecule has 2 aliphatic heterocycles. The van der Waals surface area contributed by atoms with Crippen LogP contribution < -0.4 is 9.47 Å². The van der Waals surface area contributed by atoms with E-state index in [-0.39, 0.29) is 0 Å². The Bertz CT molecular complexity index is 1010. The van der Waals surface area contributed by atoms with Gasteiger partial charge in [0.15, 0.2) is 0 Å². The Morgan fingerprint density at radius 3 is 1.27 bits per heavy atom. The molecule has 0 spiro atoms. The standard InChI is InChI=1S/C34H50N2O4/c1-5-33(29-9-13-31(14-10-29)39-27-21-35(7-3)17-23-37-24-18-35)34(6-2)30-11-15-32(16-12-30)40-28-22-36(8-4)19-25-38-26-20-36/h5-6,9-16H,7-8,17-28H2,1-4H3/q+2/b33-5+,34-6+. The largest absolute Gasteiger partial charge is 0.488 e. The highest BCUT2D eigenvalue weighted by Crippen LogP contribution is 2.33. The number of quaternary nitrogens is 2. The van der Waals surface area contributed by atoms with Crippen LogP contribution in [0.25, 0.3) is 11.1 Å². The number of nitrogens with zero attached hydrogens (tertiary/aromatic N) is 2. The second-order valence-electron chi connectivity index (χ2n) is 11.0. The molecule has 2 fully saturated rings. The van der Waals surface area contributed by atoms with Gasteiger partial charge in [-0.05, 0) is 74.2 Å². The molecule has 2 heterocycles. The molecular weight excluding hydrogens is 500 g/mol. The molecule has 0 amide bonds. The van der Waals surface area contributed by atoms with E-state index in [1.807, 2.05) is 0 Å². The van der Waals surface area contributed by atoms with Crippen molar-refractivity contribution in [2.75, 3.05) is 92.0 Å². The van der Waals surface area contributed by atoms with E-state index >= 15 is 0 Å². The lowest BCUT2D eigenvalue weighted by molar-refractivity contribution is -0.933. The topological polar surface area (TPSA) is 36.9 Å². The monoisotopic (exact) mass is 550 g/mol. The van der Waals surface area contributed by atoms with Gasteiger partial charge in [0, 0.05) is 0 Å². The maximum absolute atomic E-state index is 6.16. The number of benzene rings is 2. The number of morpholine rings is 2. The van der Waals surface area contributed by atoms with Gasteiger partial charge in [0.2, 0.25) is 0 Å². The van der Waals surface area contributed by atoms with Crippen molar-refractivity contribution in [3.8, 4) is 11.5 Å². The number of ether oxygens (including phenoxy) is 4. The van der Waals surface area contributed by atoms with E-state index < -0.39 is 0 Å². The van der Waals surface area contributed by atoms with Crippen molar-refractivity contribution in [1.82, 2.24) is 0 Å². The molecule has 0 saturated carbocycles. The van der Waals surface area contributed by atoms with Gasteiger partial charge >= 0.3 is 0 Å². The Balaban J connectivity index is 1.32. The Labute approximate surface area is 242 Å². The summed E-state index contributed by atoms with van der Waals surface area (Å²) in [4.78, 5) is 0. The molecule has 2 aromatic rings. The van der Waals surface area contributed by atoms with Crippen LogP contribution in [-0.4, -0.2) is 101 Å². The highest BCUT2D eigenvalue weighted by atomic mass is 16.5. The fourth-order valence-electron chi connectivity index (χ4n) is 5.99. The van der Waals surface area contributed by atoms with Crippen LogP contribution in [0.1, 0.15) is 38.8 Å². The van der Waals surface area contributed by atoms with Crippen molar-refractivity contribution in [2.24, 2.45) is 0 Å². The Morgan fingerprint density at radius 1 is 0.625 bits per heavy atom. The van der Waals surface area contributed by atoms with Gasteiger partial charge in [-0.25, -0.2) is 0 Å². The fourth-order valence-corrected chi connectivity index (χ4v) is 5.99. The van der Waals surface area contributed by atoms with Gasteiger partial charge in [0.25, 0.3) is 0 Å². The minimum atomic E-state index is 0.727. The first-order chi connectivity index (χ1) is 19.6. The molecular formula is C34H50N2O4+2. The summed E-state index contributed by atoms with van der Waals surface area (Å²) >= 11 is 0. The summed E-state index contributed by atoms with van der Waals surface area (Å²) < 4.78 is 25.6. The lowest BCUT2D eigenvalue weighted by Gasteiger charge is -2.40. The minimum absolute atomic E-state index is 0.727. The molecule has 4 rings (SSSR count). The Hall–Kier alpha value is -2.64. The predicted octanol–water partition coefficient (Wildman–Crippen LogP) is 5.68. The molecule has 2 aromatic carbocycles. The predicted molar refractivity (Wildman–Crippen MR) is 164 cm³/mol. The molecule has 6 heteroatoms. The van der Waals surface area contributed by atoms with E-state index in [1.54, 1.807) is 0 Å². The van der Waals surface area contributed by atoms with Crippen LogP contribution in [0.2, 0.25) is 0 Å². The van der Waals surface area contributed by atoms with Gasteiger partial charge in [0.05, 0.1) is 39.5 Å². The molecule has 0 N–H and O–H groups in total. The number of hydrogen-bond acceptors (Lipinski definition) is 4. The third-order valence-electron chi connectivity index (χ3n) is 9.05. The first-order valence-corrected chi connectivity index (χ1v) is 15.2. The van der Waals surface area contributed by atoms with Crippen molar-refractivity contribution in [1.29, 1.82) is 0 Å². The van der Waals surface area contributed by atoms with Gasteiger partial charge in [0.1, 0.15) is 64.0 Å². The summed E-state index contributed by atoms with van der Waals surface area (Å²) in [6.45, 7) is 22.3. The first-order valence-electron chi connectivity index (χ1n) is 15.2. The lowest BCUT2D eigenvalue weighted by atomic mass is 9.92. The third kappa shape index (κ3) is 7.76.